The molecule has 8 unspecified atom stereocenters. The summed E-state index contributed by atoms with van der Waals surface area (Å²) in [4.78, 5) is 29.7. The Morgan fingerprint density at radius 3 is 0.565 bits per heavy atom. The second-order valence-electron chi connectivity index (χ2n) is 20.4. The molecule has 4 aliphatic heterocycles. The average Bonchev–Trinajstić information content (AvgIpc) is 3.89. The van der Waals surface area contributed by atoms with Crippen molar-refractivity contribution in [2.45, 2.75) is 71.5 Å². The molecule has 0 aromatic heterocycles. The lowest BCUT2D eigenvalue weighted by molar-refractivity contribution is -0.0000147. The maximum absolute atomic E-state index is 6.55. The summed E-state index contributed by atoms with van der Waals surface area (Å²) in [7, 11) is 47.2. The largest absolute Gasteiger partial charge is 1.00 e. The molecule has 8 atom stereocenters. The molecule has 16 nitrogen and oxygen atoms in total. The Morgan fingerprint density at radius 2 is 0.452 bits per heavy atom. The number of hydrogen-bond donors (Lipinski definition) is 0. The highest BCUT2D eigenvalue weighted by Crippen LogP contribution is 2.82. The van der Waals surface area contributed by atoms with Crippen LogP contribution in [0.15, 0.2) is 18.1 Å². The molecule has 0 bridgehead atoms. The van der Waals surface area contributed by atoms with Crippen molar-refractivity contribution in [2.24, 2.45) is 18.1 Å². The van der Waals surface area contributed by atoms with Gasteiger partial charge < -0.3 is 12.4 Å². The number of nitrogens with zero attached hydrogens (tertiary/aromatic N) is 16. The van der Waals surface area contributed by atoms with Crippen molar-refractivity contribution in [2.75, 3.05) is 194 Å². The fourth-order valence-corrected chi connectivity index (χ4v) is 33.2. The molecule has 4 saturated heterocycles. The highest BCUT2D eigenvalue weighted by molar-refractivity contribution is 7.84. The van der Waals surface area contributed by atoms with Crippen molar-refractivity contribution in [3.05, 3.63) is 0 Å². The first kappa shape index (κ1) is 57.0. The van der Waals surface area contributed by atoms with E-state index in [1.54, 1.807) is 0 Å². The van der Waals surface area contributed by atoms with Crippen LogP contribution in [0.2, 0.25) is 0 Å². The van der Waals surface area contributed by atoms with Crippen LogP contribution in [0.5, 0.6) is 0 Å². The van der Waals surface area contributed by atoms with Gasteiger partial charge >= 0.3 is 7.87 Å². The van der Waals surface area contributed by atoms with Crippen molar-refractivity contribution in [3.63, 3.8) is 0 Å². The quantitative estimate of drug-likeness (QED) is 0.169. The number of hydrogen-bond acceptors (Lipinski definition) is 16. The Kier molecular flexibility index (Phi) is 19.8. The summed E-state index contributed by atoms with van der Waals surface area (Å²) in [5.74, 6) is 0. The van der Waals surface area contributed by atoms with E-state index in [-0.39, 0.29) is 34.0 Å². The zero-order valence-electron chi connectivity index (χ0n) is 43.7. The van der Waals surface area contributed by atoms with Crippen molar-refractivity contribution < 1.29 is 12.4 Å². The van der Waals surface area contributed by atoms with Gasteiger partial charge in [0, 0.05) is 25.7 Å². The van der Waals surface area contributed by atoms with E-state index in [1.165, 1.54) is 0 Å². The second kappa shape index (κ2) is 21.5. The fourth-order valence-electron chi connectivity index (χ4n) is 12.5. The maximum Gasteiger partial charge on any atom is 0.655 e. The molecule has 0 aliphatic carbocycles. The van der Waals surface area contributed by atoms with Gasteiger partial charge in [-0.2, -0.15) is 0 Å². The summed E-state index contributed by atoms with van der Waals surface area (Å²) in [6.07, 6.45) is 8.39. The molecule has 4 heterocycles. The highest BCUT2D eigenvalue weighted by Gasteiger charge is 2.76. The molecule has 0 aromatic rings. The Labute approximate surface area is 391 Å². The lowest BCUT2D eigenvalue weighted by Gasteiger charge is -2.42. The topological polar surface area (TPSA) is 88.3 Å². The molecule has 22 heteroatoms. The summed E-state index contributed by atoms with van der Waals surface area (Å²) < 4.78 is 26.2. The van der Waals surface area contributed by atoms with Crippen molar-refractivity contribution >= 4 is 38.7 Å². The minimum Gasteiger partial charge on any atom is -1.00 e. The third-order valence-electron chi connectivity index (χ3n) is 14.4. The Morgan fingerprint density at radius 1 is 0.306 bits per heavy atom. The minimum atomic E-state index is -3.23. The third kappa shape index (κ3) is 9.26. The van der Waals surface area contributed by atoms with Crippen LogP contribution in [0, 0.1) is 0 Å². The minimum absolute atomic E-state index is 0. The molecule has 0 radical (unpaired) electrons. The van der Waals surface area contributed by atoms with Gasteiger partial charge in [0.05, 0.1) is 24.2 Å². The Hall–Kier alpha value is 0.640. The molecule has 4 fully saturated rings. The molecule has 0 saturated carbocycles. The normalized spacial score (nSPS) is 29.9. The van der Waals surface area contributed by atoms with E-state index in [9.17, 15) is 0 Å². The van der Waals surface area contributed by atoms with Gasteiger partial charge in [-0.3, -0.25) is 58.8 Å². The monoisotopic (exact) mass is 987 g/mol. The Bertz CT molecular complexity index is 1380. The van der Waals surface area contributed by atoms with E-state index in [2.05, 4.69) is 228 Å². The van der Waals surface area contributed by atoms with Gasteiger partial charge in [-0.25, -0.2) is 0 Å². The molecule has 4 rings (SSSR count). The SMILES string of the molecule is CN(C)C1CC[P+](=N[P+](N=[P+]2CCC(N(C)C)C2(N(C)C)N(C)C)(N=[P+]2CCC(N(C)C)C2(N(C)C)N(C)C)N=[P+]2CCC(N(C)C)C2(N(C)C)N(C)C)C1(N(C)C)N(C)C.[Cl-]. The first-order chi connectivity index (χ1) is 28.1. The van der Waals surface area contributed by atoms with Gasteiger partial charge in [0.25, 0.3) is 52.5 Å². The zero-order valence-corrected chi connectivity index (χ0v) is 49.0. The van der Waals surface area contributed by atoms with Crippen LogP contribution >= 0.6 is 38.7 Å². The van der Waals surface area contributed by atoms with Crippen molar-refractivity contribution in [1.82, 2.24) is 58.8 Å². The van der Waals surface area contributed by atoms with Crippen LogP contribution in [0.25, 0.3) is 0 Å². The predicted octanol–water partition coefficient (Wildman–Crippen LogP) is 2.77. The van der Waals surface area contributed by atoms with E-state index < -0.39 is 38.7 Å². The van der Waals surface area contributed by atoms with E-state index in [0.717, 1.165) is 50.3 Å². The van der Waals surface area contributed by atoms with Crippen LogP contribution in [-0.4, -0.2) is 298 Å². The smallest absolute Gasteiger partial charge is 0.655 e. The first-order valence-corrected chi connectivity index (χ1v) is 29.6. The molecule has 0 amide bonds. The lowest BCUT2D eigenvalue weighted by Crippen LogP contribution is -3.00. The van der Waals surface area contributed by atoms with Gasteiger partial charge in [0.15, 0.2) is 0 Å². The second-order valence-corrected chi connectivity index (χ2v) is 31.9. The lowest BCUT2D eigenvalue weighted by atomic mass is 10.1. The van der Waals surface area contributed by atoms with E-state index >= 15 is 0 Å². The summed E-state index contributed by atoms with van der Waals surface area (Å²) in [6, 6.07) is 1.18. The third-order valence-corrected chi connectivity index (χ3v) is 31.9. The first-order valence-electron chi connectivity index (χ1n) is 22.1. The van der Waals surface area contributed by atoms with Crippen LogP contribution in [0.3, 0.4) is 0 Å². The molecule has 0 aromatic carbocycles. The molecule has 360 valence electrons. The van der Waals surface area contributed by atoms with Crippen LogP contribution in [0.1, 0.15) is 25.7 Å². The molecule has 62 heavy (non-hydrogen) atoms. The predicted molar refractivity (Wildman–Crippen MR) is 273 cm³/mol. The van der Waals surface area contributed by atoms with E-state index in [0.29, 0.717) is 24.2 Å². The summed E-state index contributed by atoms with van der Waals surface area (Å²) in [6.45, 7) is 0. The molecule has 0 spiro atoms. The molecular formula is C40H92ClN16P5+4. The molecule has 4 aliphatic rings. The van der Waals surface area contributed by atoms with Gasteiger partial charge in [0.1, 0.15) is 42.7 Å². The Balaban J connectivity index is 0.0000102. The van der Waals surface area contributed by atoms with Crippen molar-refractivity contribution in [3.8, 4) is 0 Å². The average molecular weight is 988 g/mol. The number of likely N-dealkylation sites (N-methyl/N-ethyl adjacent to an activating group) is 12. The van der Waals surface area contributed by atoms with Gasteiger partial charge in [-0.15, -0.1) is 0 Å². The summed E-state index contributed by atoms with van der Waals surface area (Å²) >= 11 is 0. The standard InChI is InChI=1S/C40H92N16P5.ClH/c1-45(2)33-25-29-57(37(33,49(9)10)50(11)12)41-61(42-58-30-26-34(46(3)4)38(58,51(13)14)52(15)16,43-59-31-27-35(47(5)6)39(59,53(17)18)54(19)20)44-60-32-28-36(48(7)8)40(60,55(21)22)56(23)24;/h33-36H,25-32H2,1-24H3;1H/q+5;/p-1. The number of rotatable bonds is 16. The molecule has 0 N–H and O–H groups in total. The van der Waals surface area contributed by atoms with Crippen LogP contribution < -0.4 is 12.4 Å². The fraction of sp³-hybridized carbons (Fsp3) is 1.00. The van der Waals surface area contributed by atoms with Gasteiger partial charge in [-0.1, -0.05) is 0 Å². The van der Waals surface area contributed by atoms with Crippen molar-refractivity contribution in [1.29, 1.82) is 0 Å². The van der Waals surface area contributed by atoms with Gasteiger partial charge in [-0.05, 0) is 169 Å². The molecular weight excluding hydrogens is 895 g/mol. The zero-order chi connectivity index (χ0) is 46.5. The summed E-state index contributed by atoms with van der Waals surface area (Å²) in [5.41, 5.74) is 0. The highest BCUT2D eigenvalue weighted by atomic mass is 35.5. The number of halogens is 1. The maximum atomic E-state index is 6.55. The van der Waals surface area contributed by atoms with E-state index in [4.69, 9.17) is 18.1 Å². The van der Waals surface area contributed by atoms with Gasteiger partial charge in [0.2, 0.25) is 0 Å². The van der Waals surface area contributed by atoms with E-state index in [1.807, 2.05) is 0 Å². The van der Waals surface area contributed by atoms with Crippen LogP contribution in [0.4, 0.5) is 0 Å². The summed E-state index contributed by atoms with van der Waals surface area (Å²) in [5, 5.41) is -1.26. The van der Waals surface area contributed by atoms with Crippen LogP contribution in [-0.2, 0) is 0 Å².